The van der Waals surface area contributed by atoms with Crippen LogP contribution in [0.5, 0.6) is 0 Å². The van der Waals surface area contributed by atoms with Crippen molar-refractivity contribution in [3.05, 3.63) is 47.7 Å². The van der Waals surface area contributed by atoms with Crippen LogP contribution in [-0.4, -0.2) is 20.4 Å². The summed E-state index contributed by atoms with van der Waals surface area (Å²) in [7, 11) is -2.12. The van der Waals surface area contributed by atoms with Crippen LogP contribution in [0, 0.1) is 13.8 Å². The van der Waals surface area contributed by atoms with Gasteiger partial charge in [0.25, 0.3) is 10.0 Å². The lowest BCUT2D eigenvalue weighted by atomic mass is 10.1. The summed E-state index contributed by atoms with van der Waals surface area (Å²) in [5.74, 6) is 5.63. The number of nitrogens with zero attached hydrogens (tertiary/aromatic N) is 2. The number of pyridine rings is 1. The molecule has 1 heterocycles. The molecule has 0 spiro atoms. The summed E-state index contributed by atoms with van der Waals surface area (Å²) in [6, 6.07) is 8.61. The normalized spacial score (nSPS) is 11.2. The van der Waals surface area contributed by atoms with Crippen molar-refractivity contribution in [2.45, 2.75) is 18.7 Å². The van der Waals surface area contributed by atoms with Crippen LogP contribution in [0.1, 0.15) is 11.1 Å². The maximum atomic E-state index is 12.6. The van der Waals surface area contributed by atoms with Crippen molar-refractivity contribution in [3.8, 4) is 0 Å². The Labute approximate surface area is 124 Å². The lowest BCUT2D eigenvalue weighted by molar-refractivity contribution is 0.594. The molecule has 112 valence electrons. The van der Waals surface area contributed by atoms with Gasteiger partial charge in [-0.15, -0.1) is 0 Å². The van der Waals surface area contributed by atoms with Gasteiger partial charge in [-0.05, 0) is 37.6 Å². The zero-order chi connectivity index (χ0) is 15.6. The standard InChI is InChI=1S/C14H18N4O2S/c1-10-4-6-13(11(2)8-10)18(3)21(19,20)12-5-7-14(17-15)16-9-12/h4-9H,15H2,1-3H3,(H,16,17). The molecule has 0 saturated carbocycles. The van der Waals surface area contributed by atoms with Crippen molar-refractivity contribution in [1.29, 1.82) is 0 Å². The molecule has 0 radical (unpaired) electrons. The second-order valence-corrected chi connectivity index (χ2v) is 6.76. The lowest BCUT2D eigenvalue weighted by Crippen LogP contribution is -2.27. The summed E-state index contributed by atoms with van der Waals surface area (Å²) in [5.41, 5.74) is 4.99. The number of hydrazine groups is 1. The summed E-state index contributed by atoms with van der Waals surface area (Å²) in [6.07, 6.45) is 1.28. The van der Waals surface area contributed by atoms with Crippen LogP contribution in [0.4, 0.5) is 11.5 Å². The average molecular weight is 306 g/mol. The van der Waals surface area contributed by atoms with Gasteiger partial charge in [0.2, 0.25) is 0 Å². The number of benzene rings is 1. The zero-order valence-electron chi connectivity index (χ0n) is 12.2. The highest BCUT2D eigenvalue weighted by Gasteiger charge is 2.22. The highest BCUT2D eigenvalue weighted by atomic mass is 32.2. The number of aromatic nitrogens is 1. The van der Waals surface area contributed by atoms with E-state index in [1.807, 2.05) is 26.0 Å². The van der Waals surface area contributed by atoms with E-state index in [9.17, 15) is 8.42 Å². The minimum Gasteiger partial charge on any atom is -0.308 e. The Kier molecular flexibility index (Phi) is 4.15. The third kappa shape index (κ3) is 2.98. The van der Waals surface area contributed by atoms with Crippen LogP contribution >= 0.6 is 0 Å². The highest BCUT2D eigenvalue weighted by Crippen LogP contribution is 2.25. The molecule has 0 unspecified atom stereocenters. The van der Waals surface area contributed by atoms with Crippen LogP contribution in [0.3, 0.4) is 0 Å². The molecule has 0 saturated heterocycles. The molecular weight excluding hydrogens is 288 g/mol. The van der Waals surface area contributed by atoms with Gasteiger partial charge < -0.3 is 5.43 Å². The number of hydrogen-bond acceptors (Lipinski definition) is 5. The summed E-state index contributed by atoms with van der Waals surface area (Å²) < 4.78 is 26.5. The topological polar surface area (TPSA) is 88.3 Å². The molecule has 0 aliphatic carbocycles. The minimum atomic E-state index is -3.65. The zero-order valence-corrected chi connectivity index (χ0v) is 13.0. The van der Waals surface area contributed by atoms with Gasteiger partial charge in [0.05, 0.1) is 5.69 Å². The Balaban J connectivity index is 2.42. The maximum Gasteiger partial charge on any atom is 0.265 e. The van der Waals surface area contributed by atoms with Crippen LogP contribution in [0.15, 0.2) is 41.4 Å². The number of nitrogens with two attached hydrogens (primary N) is 1. The van der Waals surface area contributed by atoms with E-state index in [0.29, 0.717) is 11.5 Å². The van der Waals surface area contributed by atoms with Gasteiger partial charge in [0.15, 0.2) is 0 Å². The van der Waals surface area contributed by atoms with Crippen molar-refractivity contribution in [2.24, 2.45) is 5.84 Å². The quantitative estimate of drug-likeness (QED) is 0.664. The molecule has 0 aliphatic rings. The fourth-order valence-corrected chi connectivity index (χ4v) is 3.27. The van der Waals surface area contributed by atoms with Crippen LogP contribution in [0.25, 0.3) is 0 Å². The predicted molar refractivity (Wildman–Crippen MR) is 83.6 cm³/mol. The van der Waals surface area contributed by atoms with E-state index in [4.69, 9.17) is 5.84 Å². The van der Waals surface area contributed by atoms with Crippen LogP contribution in [-0.2, 0) is 10.0 Å². The molecule has 21 heavy (non-hydrogen) atoms. The molecule has 0 bridgehead atoms. The Morgan fingerprint density at radius 1 is 1.19 bits per heavy atom. The summed E-state index contributed by atoms with van der Waals surface area (Å²) in [6.45, 7) is 3.85. The van der Waals surface area contributed by atoms with Gasteiger partial charge >= 0.3 is 0 Å². The van der Waals surface area contributed by atoms with E-state index < -0.39 is 10.0 Å². The molecular formula is C14H18N4O2S. The minimum absolute atomic E-state index is 0.115. The maximum absolute atomic E-state index is 12.6. The molecule has 7 heteroatoms. The van der Waals surface area contributed by atoms with Gasteiger partial charge in [0.1, 0.15) is 10.7 Å². The van der Waals surface area contributed by atoms with Gasteiger partial charge in [-0.2, -0.15) is 0 Å². The van der Waals surface area contributed by atoms with E-state index in [0.717, 1.165) is 11.1 Å². The van der Waals surface area contributed by atoms with Crippen molar-refractivity contribution >= 4 is 21.5 Å². The van der Waals surface area contributed by atoms with Crippen molar-refractivity contribution in [1.82, 2.24) is 4.98 Å². The van der Waals surface area contributed by atoms with Gasteiger partial charge in [-0.3, -0.25) is 4.31 Å². The summed E-state index contributed by atoms with van der Waals surface area (Å²) in [5, 5.41) is 0. The van der Waals surface area contributed by atoms with E-state index in [1.54, 1.807) is 6.07 Å². The first-order valence-corrected chi connectivity index (χ1v) is 7.79. The summed E-state index contributed by atoms with van der Waals surface area (Å²) >= 11 is 0. The molecule has 0 amide bonds. The number of hydrogen-bond donors (Lipinski definition) is 2. The Hall–Kier alpha value is -2.12. The number of rotatable bonds is 4. The fourth-order valence-electron chi connectivity index (χ4n) is 2.06. The van der Waals surface area contributed by atoms with Crippen LogP contribution in [0.2, 0.25) is 0 Å². The first-order chi connectivity index (χ1) is 9.86. The number of nitrogens with one attached hydrogen (secondary N) is 1. The van der Waals surface area contributed by atoms with Crippen molar-refractivity contribution in [3.63, 3.8) is 0 Å². The lowest BCUT2D eigenvalue weighted by Gasteiger charge is -2.21. The molecule has 3 N–H and O–H groups in total. The average Bonchev–Trinajstić information content (AvgIpc) is 2.46. The molecule has 6 nitrogen and oxygen atoms in total. The Bertz CT molecular complexity index is 742. The predicted octanol–water partition coefficient (Wildman–Crippen LogP) is 1.81. The first-order valence-electron chi connectivity index (χ1n) is 6.35. The van der Waals surface area contributed by atoms with Gasteiger partial charge in [-0.1, -0.05) is 17.7 Å². The second kappa shape index (κ2) is 5.71. The molecule has 0 aliphatic heterocycles. The summed E-state index contributed by atoms with van der Waals surface area (Å²) in [4.78, 5) is 4.05. The number of sulfonamides is 1. The molecule has 1 aromatic heterocycles. The van der Waals surface area contributed by atoms with E-state index in [-0.39, 0.29) is 4.90 Å². The fraction of sp³-hybridized carbons (Fsp3) is 0.214. The monoisotopic (exact) mass is 306 g/mol. The van der Waals surface area contributed by atoms with E-state index >= 15 is 0 Å². The van der Waals surface area contributed by atoms with E-state index in [2.05, 4.69) is 10.4 Å². The SMILES string of the molecule is Cc1ccc(N(C)S(=O)(=O)c2ccc(NN)nc2)c(C)c1. The molecule has 2 aromatic rings. The Morgan fingerprint density at radius 3 is 2.43 bits per heavy atom. The van der Waals surface area contributed by atoms with Crippen molar-refractivity contribution < 1.29 is 8.42 Å². The number of anilines is 2. The molecule has 1 aromatic carbocycles. The largest absolute Gasteiger partial charge is 0.308 e. The smallest absolute Gasteiger partial charge is 0.265 e. The van der Waals surface area contributed by atoms with E-state index in [1.165, 1.54) is 29.7 Å². The first kappa shape index (κ1) is 15.3. The molecule has 2 rings (SSSR count). The second-order valence-electron chi connectivity index (χ2n) is 4.79. The third-order valence-corrected chi connectivity index (χ3v) is 4.99. The van der Waals surface area contributed by atoms with Crippen molar-refractivity contribution in [2.75, 3.05) is 16.8 Å². The molecule has 0 fully saturated rings. The Morgan fingerprint density at radius 2 is 1.90 bits per heavy atom. The van der Waals surface area contributed by atoms with Crippen LogP contribution < -0.4 is 15.6 Å². The van der Waals surface area contributed by atoms with Gasteiger partial charge in [-0.25, -0.2) is 19.2 Å². The number of aryl methyl sites for hydroxylation is 2. The number of nitrogen functional groups attached to an aromatic ring is 1. The third-order valence-electron chi connectivity index (χ3n) is 3.23. The highest BCUT2D eigenvalue weighted by molar-refractivity contribution is 7.92. The molecule has 0 atom stereocenters. The van der Waals surface area contributed by atoms with Gasteiger partial charge in [0, 0.05) is 13.2 Å².